The average molecular weight is 1330 g/mol. The Morgan fingerprint density at radius 2 is 0.726 bits per heavy atom. The number of hydrogen-bond donors (Lipinski definition) is 9. The lowest BCUT2D eigenvalue weighted by Gasteiger charge is -2.46. The maximum Gasteiger partial charge on any atom is 0.220 e. The summed E-state index contributed by atoms with van der Waals surface area (Å²) in [5, 5.41) is 87.6. The summed E-state index contributed by atoms with van der Waals surface area (Å²) in [6.45, 7) is 2.69. The minimum atomic E-state index is -1.80. The van der Waals surface area contributed by atoms with Crippen LogP contribution in [-0.2, 0) is 23.7 Å². The molecule has 0 aromatic rings. The Labute approximate surface area is 578 Å². The lowest BCUT2D eigenvalue weighted by atomic mass is 9.97. The smallest absolute Gasteiger partial charge is 0.220 e. The van der Waals surface area contributed by atoms with Crippen molar-refractivity contribution in [2.75, 3.05) is 19.8 Å². The van der Waals surface area contributed by atoms with Crippen LogP contribution in [0.25, 0.3) is 0 Å². The Morgan fingerprint density at radius 3 is 1.12 bits per heavy atom. The van der Waals surface area contributed by atoms with Gasteiger partial charge in [0.1, 0.15) is 48.8 Å². The number of carbonyl (C=O) groups excluding carboxylic acids is 1. The lowest BCUT2D eigenvalue weighted by molar-refractivity contribution is -0.359. The third-order valence-corrected chi connectivity index (χ3v) is 17.9. The number of rotatable bonds is 62. The van der Waals surface area contributed by atoms with Crippen LogP contribution >= 0.6 is 0 Å². The van der Waals surface area contributed by atoms with Gasteiger partial charge in [-0.25, -0.2) is 0 Å². The minimum Gasteiger partial charge on any atom is -0.394 e. The van der Waals surface area contributed by atoms with E-state index in [1.807, 2.05) is 6.08 Å². The van der Waals surface area contributed by atoms with E-state index in [9.17, 15) is 45.6 Å². The molecule has 546 valence electrons. The Morgan fingerprint density at radius 1 is 0.389 bits per heavy atom. The van der Waals surface area contributed by atoms with Gasteiger partial charge in [0.25, 0.3) is 0 Å². The van der Waals surface area contributed by atoms with Crippen LogP contribution in [-0.4, -0.2) is 140 Å². The lowest BCUT2D eigenvalue weighted by Crippen LogP contribution is -2.65. The van der Waals surface area contributed by atoms with E-state index >= 15 is 0 Å². The van der Waals surface area contributed by atoms with E-state index in [1.165, 1.54) is 167 Å². The van der Waals surface area contributed by atoms with Crippen molar-refractivity contribution < 1.29 is 64.6 Å². The van der Waals surface area contributed by atoms with Crippen molar-refractivity contribution in [3.8, 4) is 0 Å². The summed E-state index contributed by atoms with van der Waals surface area (Å²) in [5.74, 6) is -0.273. The minimum absolute atomic E-state index is 0.234. The van der Waals surface area contributed by atoms with Gasteiger partial charge in [-0.05, 0) is 89.9 Å². The number of hydrogen-bond acceptors (Lipinski definition) is 13. The van der Waals surface area contributed by atoms with Crippen LogP contribution in [0.3, 0.4) is 0 Å². The normalized spacial score (nSPS) is 23.1. The summed E-state index contributed by atoms with van der Waals surface area (Å²) in [6, 6.07) is -0.944. The van der Waals surface area contributed by atoms with Crippen molar-refractivity contribution in [1.29, 1.82) is 0 Å². The zero-order chi connectivity index (χ0) is 68.7. The van der Waals surface area contributed by atoms with Crippen molar-refractivity contribution in [1.82, 2.24) is 5.32 Å². The molecule has 0 bridgehead atoms. The third-order valence-electron chi connectivity index (χ3n) is 17.9. The summed E-state index contributed by atoms with van der Waals surface area (Å²) in [4.78, 5) is 13.4. The molecule has 14 heteroatoms. The van der Waals surface area contributed by atoms with Gasteiger partial charge in [-0.1, -0.05) is 315 Å². The van der Waals surface area contributed by atoms with E-state index in [4.69, 9.17) is 18.9 Å². The Hall–Kier alpha value is -3.61. The van der Waals surface area contributed by atoms with E-state index in [1.54, 1.807) is 6.08 Å². The van der Waals surface area contributed by atoms with E-state index < -0.39 is 86.8 Å². The van der Waals surface area contributed by atoms with Crippen LogP contribution in [0.5, 0.6) is 0 Å². The number of ether oxygens (including phenoxy) is 4. The van der Waals surface area contributed by atoms with Gasteiger partial charge in [0.05, 0.1) is 32.0 Å². The molecule has 2 fully saturated rings. The molecule has 9 N–H and O–H groups in total. The summed E-state index contributed by atoms with van der Waals surface area (Å²) in [6.07, 6.45) is 76.9. The Kier molecular flexibility index (Phi) is 58.8. The highest BCUT2D eigenvalue weighted by molar-refractivity contribution is 5.76. The van der Waals surface area contributed by atoms with Gasteiger partial charge in [0, 0.05) is 6.42 Å². The maximum absolute atomic E-state index is 13.4. The molecule has 2 rings (SSSR count). The highest BCUT2D eigenvalue weighted by Crippen LogP contribution is 2.30. The molecule has 12 atom stereocenters. The largest absolute Gasteiger partial charge is 0.394 e. The monoisotopic (exact) mass is 1330 g/mol. The number of unbranched alkanes of at least 4 members (excludes halogenated alkanes) is 31. The number of aliphatic hydroxyl groups is 8. The molecule has 12 unspecified atom stereocenters. The van der Waals surface area contributed by atoms with Crippen molar-refractivity contribution in [3.63, 3.8) is 0 Å². The molecular weight excluding hydrogens is 1190 g/mol. The first kappa shape index (κ1) is 87.5. The van der Waals surface area contributed by atoms with Gasteiger partial charge in [0.15, 0.2) is 12.6 Å². The number of allylic oxidation sites excluding steroid dienone is 19. The highest BCUT2D eigenvalue weighted by Gasteiger charge is 2.51. The molecule has 2 aliphatic heterocycles. The van der Waals surface area contributed by atoms with Crippen LogP contribution in [0.15, 0.2) is 122 Å². The Bertz CT molecular complexity index is 2060. The SMILES string of the molecule is CC/C=C\C/C=C\C/C=C\C/C=C\C/C=C\C/C=C\C/C=C\C/C=C\C/C=C\CCCCCC(=O)NC(COC1OC(CO)C(OC2OC(CO)C(O)C(O)C2O)C(O)C1O)C(O)/C=C/CCCCCCCCCCCCCCCCCCCCCCCCCCCCCC. The topological polar surface area (TPSA) is 228 Å². The van der Waals surface area contributed by atoms with Gasteiger partial charge >= 0.3 is 0 Å². The summed E-state index contributed by atoms with van der Waals surface area (Å²) >= 11 is 0. The molecule has 0 aromatic carbocycles. The van der Waals surface area contributed by atoms with E-state index in [2.05, 4.69) is 129 Å². The van der Waals surface area contributed by atoms with Crippen molar-refractivity contribution in [2.24, 2.45) is 0 Å². The first-order valence-electron chi connectivity index (χ1n) is 38.3. The van der Waals surface area contributed by atoms with Crippen LogP contribution < -0.4 is 5.32 Å². The predicted molar refractivity (Wildman–Crippen MR) is 392 cm³/mol. The molecule has 14 nitrogen and oxygen atoms in total. The first-order valence-corrected chi connectivity index (χ1v) is 38.3. The highest BCUT2D eigenvalue weighted by atomic mass is 16.7. The van der Waals surface area contributed by atoms with Crippen molar-refractivity contribution >= 4 is 5.91 Å². The second-order valence-corrected chi connectivity index (χ2v) is 26.4. The van der Waals surface area contributed by atoms with Crippen LogP contribution in [0.1, 0.15) is 290 Å². The van der Waals surface area contributed by atoms with Gasteiger partial charge in [-0.15, -0.1) is 0 Å². The van der Waals surface area contributed by atoms with Gasteiger partial charge < -0.3 is 65.1 Å². The van der Waals surface area contributed by atoms with Gasteiger partial charge in [0.2, 0.25) is 5.91 Å². The molecule has 2 aliphatic rings. The summed E-state index contributed by atoms with van der Waals surface area (Å²) < 4.78 is 22.9. The standard InChI is InChI=1S/C81H139NO13/c1-3-5-7-9-11-13-15-17-19-21-23-25-27-29-31-33-35-37-39-41-43-45-47-49-51-53-55-57-59-61-63-65-73(86)82-69(68-92-80-78(91)76(89)79(72(67-84)94-80)95-81-77(90)75(88)74(87)71(66-83)93-81)70(85)64-62-60-58-56-54-52-50-48-46-44-42-40-38-36-34-32-30-28-26-24-22-20-18-16-14-12-10-8-6-4-2/h5,7,11,13,17,19,23,25,29,31,35,37,41,43,47,49,53,55,62,64,69-72,74-81,83-85,87-91H,3-4,6,8-10,12,14-16,18,20-22,24,26-28,30,32-34,36,38-40,42,44-46,48,50-52,54,56-61,63,65-68H2,1-2H3,(H,82,86)/b7-5-,13-11-,19-17-,25-23-,31-29-,37-35-,43-41-,49-47-,55-53-,64-62+. The molecule has 0 aromatic heterocycles. The summed E-state index contributed by atoms with van der Waals surface area (Å²) in [5.41, 5.74) is 0. The quantitative estimate of drug-likeness (QED) is 0.0204. The second kappa shape index (κ2) is 63.8. The zero-order valence-corrected chi connectivity index (χ0v) is 59.6. The molecule has 0 saturated carbocycles. The van der Waals surface area contributed by atoms with Gasteiger partial charge in [-0.2, -0.15) is 0 Å². The molecule has 1 amide bonds. The third kappa shape index (κ3) is 47.1. The molecule has 0 spiro atoms. The Balaban J connectivity index is 1.68. The number of carbonyl (C=O) groups is 1. The number of amides is 1. The fourth-order valence-corrected chi connectivity index (χ4v) is 11.9. The average Bonchev–Trinajstić information content (AvgIpc) is 0.801. The molecule has 95 heavy (non-hydrogen) atoms. The van der Waals surface area contributed by atoms with Gasteiger partial charge in [-0.3, -0.25) is 4.79 Å². The van der Waals surface area contributed by atoms with E-state index in [0.29, 0.717) is 6.42 Å². The zero-order valence-electron chi connectivity index (χ0n) is 59.6. The fourth-order valence-electron chi connectivity index (χ4n) is 11.9. The van der Waals surface area contributed by atoms with Crippen LogP contribution in [0, 0.1) is 0 Å². The molecule has 0 radical (unpaired) electrons. The molecule has 0 aliphatic carbocycles. The summed E-state index contributed by atoms with van der Waals surface area (Å²) in [7, 11) is 0. The molecule has 2 saturated heterocycles. The van der Waals surface area contributed by atoms with E-state index in [-0.39, 0.29) is 18.9 Å². The molecular formula is C81H139NO13. The first-order chi connectivity index (χ1) is 46.6. The fraction of sp³-hybridized carbons (Fsp3) is 0.741. The number of aliphatic hydroxyl groups excluding tert-OH is 8. The van der Waals surface area contributed by atoms with Crippen LogP contribution in [0.2, 0.25) is 0 Å². The molecule has 2 heterocycles. The number of nitrogens with one attached hydrogen (secondary N) is 1. The second-order valence-electron chi connectivity index (χ2n) is 26.4. The van der Waals surface area contributed by atoms with Crippen molar-refractivity contribution in [2.45, 2.75) is 364 Å². The maximum atomic E-state index is 13.4. The predicted octanol–water partition coefficient (Wildman–Crippen LogP) is 16.8. The van der Waals surface area contributed by atoms with Crippen molar-refractivity contribution in [3.05, 3.63) is 122 Å². The van der Waals surface area contributed by atoms with Crippen LogP contribution in [0.4, 0.5) is 0 Å². The van der Waals surface area contributed by atoms with E-state index in [0.717, 1.165) is 96.3 Å².